The van der Waals surface area contributed by atoms with Crippen LogP contribution in [0.15, 0.2) is 54.6 Å². The molecule has 28 heavy (non-hydrogen) atoms. The molecule has 150 valence electrons. The summed E-state index contributed by atoms with van der Waals surface area (Å²) in [4.78, 5) is 14.4. The van der Waals surface area contributed by atoms with Gasteiger partial charge in [0.15, 0.2) is 0 Å². The van der Waals surface area contributed by atoms with Crippen LogP contribution in [-0.4, -0.2) is 50.3 Å². The minimum absolute atomic E-state index is 0.0922. The van der Waals surface area contributed by atoms with E-state index in [1.165, 1.54) is 5.56 Å². The van der Waals surface area contributed by atoms with Gasteiger partial charge in [0.2, 0.25) is 5.91 Å². The number of amides is 1. The zero-order chi connectivity index (χ0) is 19.4. The Labute approximate surface area is 167 Å². The second-order valence-electron chi connectivity index (χ2n) is 7.07. The molecule has 1 aliphatic heterocycles. The minimum Gasteiger partial charge on any atom is -0.492 e. The fourth-order valence-corrected chi connectivity index (χ4v) is 3.25. The van der Waals surface area contributed by atoms with E-state index in [0.29, 0.717) is 19.6 Å². The number of carbonyl (C=O) groups excluding carboxylic acids is 1. The molecular weight excluding hydrogens is 352 g/mol. The second kappa shape index (κ2) is 11.5. The van der Waals surface area contributed by atoms with Crippen LogP contribution in [0, 0.1) is 0 Å². The summed E-state index contributed by atoms with van der Waals surface area (Å²) in [5, 5.41) is 3.00. The Bertz CT molecular complexity index is 715. The molecule has 3 rings (SSSR count). The molecule has 1 amide bonds. The first-order valence-corrected chi connectivity index (χ1v) is 10.1. The highest BCUT2D eigenvalue weighted by molar-refractivity contribution is 5.75. The van der Waals surface area contributed by atoms with E-state index in [0.717, 1.165) is 57.0 Å². The number of carbonyl (C=O) groups is 1. The van der Waals surface area contributed by atoms with Crippen LogP contribution in [0.2, 0.25) is 0 Å². The van der Waals surface area contributed by atoms with Gasteiger partial charge in [0.05, 0.1) is 13.2 Å². The van der Waals surface area contributed by atoms with E-state index < -0.39 is 0 Å². The van der Waals surface area contributed by atoms with Crippen molar-refractivity contribution in [3.8, 4) is 5.75 Å². The van der Waals surface area contributed by atoms with Gasteiger partial charge in [0.1, 0.15) is 12.4 Å². The average Bonchev–Trinajstić information content (AvgIpc) is 2.74. The largest absolute Gasteiger partial charge is 0.492 e. The zero-order valence-corrected chi connectivity index (χ0v) is 16.4. The van der Waals surface area contributed by atoms with Crippen LogP contribution < -0.4 is 10.1 Å². The summed E-state index contributed by atoms with van der Waals surface area (Å²) >= 11 is 0. The maximum absolute atomic E-state index is 12.1. The number of aryl methyl sites for hydroxylation is 1. The quantitative estimate of drug-likeness (QED) is 0.686. The van der Waals surface area contributed by atoms with Crippen molar-refractivity contribution in [2.24, 2.45) is 0 Å². The number of benzene rings is 2. The van der Waals surface area contributed by atoms with Crippen molar-refractivity contribution in [2.75, 3.05) is 39.5 Å². The van der Waals surface area contributed by atoms with Gasteiger partial charge < -0.3 is 14.8 Å². The molecule has 2 aromatic carbocycles. The smallest absolute Gasteiger partial charge is 0.220 e. The molecule has 1 heterocycles. The summed E-state index contributed by atoms with van der Waals surface area (Å²) in [6.45, 7) is 5.66. The number of nitrogens with zero attached hydrogens (tertiary/aromatic N) is 1. The van der Waals surface area contributed by atoms with Crippen LogP contribution in [0.4, 0.5) is 0 Å². The van der Waals surface area contributed by atoms with E-state index >= 15 is 0 Å². The average molecular weight is 383 g/mol. The SMILES string of the molecule is O=C(CCCc1ccccc1)NCc1cccc(OCCN2CCOCC2)c1. The van der Waals surface area contributed by atoms with Gasteiger partial charge in [-0.15, -0.1) is 0 Å². The van der Waals surface area contributed by atoms with Crippen LogP contribution in [0.1, 0.15) is 24.0 Å². The summed E-state index contributed by atoms with van der Waals surface area (Å²) in [6, 6.07) is 18.2. The van der Waals surface area contributed by atoms with Gasteiger partial charge in [-0.3, -0.25) is 9.69 Å². The van der Waals surface area contributed by atoms with Crippen LogP contribution in [-0.2, 0) is 22.5 Å². The van der Waals surface area contributed by atoms with Crippen LogP contribution >= 0.6 is 0 Å². The minimum atomic E-state index is 0.0922. The van der Waals surface area contributed by atoms with Gasteiger partial charge in [-0.2, -0.15) is 0 Å². The molecule has 1 N–H and O–H groups in total. The maximum atomic E-state index is 12.1. The lowest BCUT2D eigenvalue weighted by Crippen LogP contribution is -2.38. The lowest BCUT2D eigenvalue weighted by atomic mass is 10.1. The summed E-state index contributed by atoms with van der Waals surface area (Å²) in [5.74, 6) is 0.943. The van der Waals surface area contributed by atoms with Crippen LogP contribution in [0.3, 0.4) is 0 Å². The molecule has 5 nitrogen and oxygen atoms in total. The first kappa shape index (κ1) is 20.4. The number of ether oxygens (including phenoxy) is 2. The molecule has 0 aliphatic carbocycles. The Balaban J connectivity index is 1.33. The normalized spacial score (nSPS) is 14.6. The van der Waals surface area contributed by atoms with Gasteiger partial charge >= 0.3 is 0 Å². The third-order valence-corrected chi connectivity index (χ3v) is 4.88. The highest BCUT2D eigenvalue weighted by Crippen LogP contribution is 2.13. The molecule has 0 saturated carbocycles. The van der Waals surface area contributed by atoms with E-state index in [2.05, 4.69) is 22.3 Å². The van der Waals surface area contributed by atoms with E-state index in [1.54, 1.807) is 0 Å². The molecule has 1 saturated heterocycles. The fourth-order valence-electron chi connectivity index (χ4n) is 3.25. The summed E-state index contributed by atoms with van der Waals surface area (Å²) in [7, 11) is 0. The first-order chi connectivity index (χ1) is 13.8. The topological polar surface area (TPSA) is 50.8 Å². The molecule has 0 unspecified atom stereocenters. The Hall–Kier alpha value is -2.37. The van der Waals surface area contributed by atoms with Crippen LogP contribution in [0.5, 0.6) is 5.75 Å². The molecular formula is C23H30N2O3. The Kier molecular flexibility index (Phi) is 8.34. The third kappa shape index (κ3) is 7.33. The van der Waals surface area contributed by atoms with Gasteiger partial charge in [0, 0.05) is 32.6 Å². The Morgan fingerprint density at radius 3 is 2.64 bits per heavy atom. The molecule has 5 heteroatoms. The standard InChI is InChI=1S/C23H30N2O3/c26-23(11-5-8-20-6-2-1-3-7-20)24-19-21-9-4-10-22(18-21)28-17-14-25-12-15-27-16-13-25/h1-4,6-7,9-10,18H,5,8,11-17,19H2,(H,24,26). The van der Waals surface area contributed by atoms with Gasteiger partial charge in [0.25, 0.3) is 0 Å². The molecule has 0 aromatic heterocycles. The van der Waals surface area contributed by atoms with E-state index in [9.17, 15) is 4.79 Å². The number of morpholine rings is 1. The molecule has 1 fully saturated rings. The molecule has 0 atom stereocenters. The second-order valence-corrected chi connectivity index (χ2v) is 7.07. The monoisotopic (exact) mass is 382 g/mol. The summed E-state index contributed by atoms with van der Waals surface area (Å²) in [5.41, 5.74) is 2.33. The van der Waals surface area contributed by atoms with Gasteiger partial charge in [-0.1, -0.05) is 42.5 Å². The molecule has 0 spiro atoms. The number of rotatable bonds is 10. The Morgan fingerprint density at radius 2 is 1.82 bits per heavy atom. The number of nitrogens with one attached hydrogen (secondary N) is 1. The maximum Gasteiger partial charge on any atom is 0.220 e. The fraction of sp³-hybridized carbons (Fsp3) is 0.435. The summed E-state index contributed by atoms with van der Waals surface area (Å²) < 4.78 is 11.2. The van der Waals surface area contributed by atoms with Crippen molar-refractivity contribution in [1.82, 2.24) is 10.2 Å². The van der Waals surface area contributed by atoms with E-state index in [4.69, 9.17) is 9.47 Å². The van der Waals surface area contributed by atoms with E-state index in [1.807, 2.05) is 42.5 Å². The molecule has 0 radical (unpaired) electrons. The summed E-state index contributed by atoms with van der Waals surface area (Å²) in [6.07, 6.45) is 2.34. The predicted octanol–water partition coefficient (Wildman–Crippen LogP) is 3.04. The third-order valence-electron chi connectivity index (χ3n) is 4.88. The first-order valence-electron chi connectivity index (χ1n) is 10.1. The van der Waals surface area contributed by atoms with Crippen LogP contribution in [0.25, 0.3) is 0 Å². The van der Waals surface area contributed by atoms with Crippen molar-refractivity contribution in [1.29, 1.82) is 0 Å². The lowest BCUT2D eigenvalue weighted by molar-refractivity contribution is -0.121. The highest BCUT2D eigenvalue weighted by Gasteiger charge is 2.10. The lowest BCUT2D eigenvalue weighted by Gasteiger charge is -2.26. The number of hydrogen-bond donors (Lipinski definition) is 1. The van der Waals surface area contributed by atoms with Crippen molar-refractivity contribution in [2.45, 2.75) is 25.8 Å². The predicted molar refractivity (Wildman–Crippen MR) is 110 cm³/mol. The van der Waals surface area contributed by atoms with Crippen molar-refractivity contribution in [3.63, 3.8) is 0 Å². The van der Waals surface area contributed by atoms with Crippen molar-refractivity contribution in [3.05, 3.63) is 65.7 Å². The van der Waals surface area contributed by atoms with Crippen molar-refractivity contribution >= 4 is 5.91 Å². The molecule has 0 bridgehead atoms. The van der Waals surface area contributed by atoms with E-state index in [-0.39, 0.29) is 5.91 Å². The van der Waals surface area contributed by atoms with Gasteiger partial charge in [-0.25, -0.2) is 0 Å². The van der Waals surface area contributed by atoms with Crippen molar-refractivity contribution < 1.29 is 14.3 Å². The molecule has 2 aromatic rings. The molecule has 1 aliphatic rings. The highest BCUT2D eigenvalue weighted by atomic mass is 16.5. The zero-order valence-electron chi connectivity index (χ0n) is 16.4. The Morgan fingerprint density at radius 1 is 1.04 bits per heavy atom. The number of hydrogen-bond acceptors (Lipinski definition) is 4. The van der Waals surface area contributed by atoms with Gasteiger partial charge in [-0.05, 0) is 36.1 Å².